The third-order valence-corrected chi connectivity index (χ3v) is 6.11. The van der Waals surface area contributed by atoms with Crippen LogP contribution in [-0.4, -0.2) is 10.2 Å². The molecule has 0 bridgehead atoms. The maximum atomic E-state index is 13.5. The predicted molar refractivity (Wildman–Crippen MR) is 119 cm³/mol. The minimum Gasteiger partial charge on any atom is -0.457 e. The van der Waals surface area contributed by atoms with E-state index >= 15 is 0 Å². The first-order chi connectivity index (χ1) is 13.4. The fraction of sp³-hybridized carbons (Fsp3) is 0.0476. The largest absolute Gasteiger partial charge is 0.457 e. The van der Waals surface area contributed by atoms with Crippen LogP contribution >= 0.6 is 39.9 Å². The number of aryl methyl sites for hydroxylation is 1. The van der Waals surface area contributed by atoms with Crippen LogP contribution in [0.1, 0.15) is 11.3 Å². The van der Waals surface area contributed by atoms with Crippen molar-refractivity contribution in [1.82, 2.24) is 0 Å². The molecule has 1 aliphatic heterocycles. The fourth-order valence-corrected chi connectivity index (χ4v) is 4.80. The number of hydrogen-bond donors (Lipinski definition) is 0. The van der Waals surface area contributed by atoms with E-state index in [1.54, 1.807) is 24.3 Å². The fourth-order valence-electron chi connectivity index (χ4n) is 2.83. The number of thiocarbonyl (C=S) groups is 1. The molecule has 28 heavy (non-hydrogen) atoms. The summed E-state index contributed by atoms with van der Waals surface area (Å²) in [5.74, 6) is 0.519. The average Bonchev–Trinajstić information content (AvgIpc) is 3.20. The molecule has 1 saturated heterocycles. The number of anilines is 1. The monoisotopic (exact) mass is 473 g/mol. The Kier molecular flexibility index (Phi) is 5.23. The molecule has 2 heterocycles. The molecule has 0 saturated carbocycles. The average molecular weight is 474 g/mol. The van der Waals surface area contributed by atoms with Crippen molar-refractivity contribution < 1.29 is 13.6 Å². The third kappa shape index (κ3) is 3.70. The molecule has 1 aromatic heterocycles. The molecule has 0 unspecified atom stereocenters. The van der Waals surface area contributed by atoms with Crippen molar-refractivity contribution in [2.75, 3.05) is 4.90 Å². The van der Waals surface area contributed by atoms with Crippen molar-refractivity contribution in [1.29, 1.82) is 0 Å². The standard InChI is InChI=1S/C21H13BrFNO2S2/c1-12-5-7-16(17(22)9-12)18-8-6-15(26-18)11-19-20(25)24(21(27)28-19)14-4-2-3-13(23)10-14/h2-11H,1H3/b19-11+. The predicted octanol–water partition coefficient (Wildman–Crippen LogP) is 6.56. The third-order valence-electron chi connectivity index (χ3n) is 4.15. The van der Waals surface area contributed by atoms with Crippen molar-refractivity contribution in [2.24, 2.45) is 0 Å². The summed E-state index contributed by atoms with van der Waals surface area (Å²) in [4.78, 5) is 14.5. The number of rotatable bonds is 3. The van der Waals surface area contributed by atoms with Crippen LogP contribution in [0.4, 0.5) is 10.1 Å². The first kappa shape index (κ1) is 19.1. The number of carbonyl (C=O) groups is 1. The van der Waals surface area contributed by atoms with E-state index in [4.69, 9.17) is 16.6 Å². The van der Waals surface area contributed by atoms with Gasteiger partial charge in [-0.15, -0.1) is 0 Å². The Morgan fingerprint density at radius 2 is 2.00 bits per heavy atom. The summed E-state index contributed by atoms with van der Waals surface area (Å²) in [6.07, 6.45) is 1.66. The van der Waals surface area contributed by atoms with Crippen LogP contribution in [-0.2, 0) is 4.79 Å². The van der Waals surface area contributed by atoms with Gasteiger partial charge in [-0.2, -0.15) is 0 Å². The lowest BCUT2D eigenvalue weighted by atomic mass is 10.1. The normalized spacial score (nSPS) is 15.7. The number of hydrogen-bond acceptors (Lipinski definition) is 4. The van der Waals surface area contributed by atoms with Gasteiger partial charge in [-0.25, -0.2) is 4.39 Å². The van der Waals surface area contributed by atoms with Crippen molar-refractivity contribution >= 4 is 61.9 Å². The second-order valence-electron chi connectivity index (χ2n) is 6.18. The van der Waals surface area contributed by atoms with Gasteiger partial charge in [-0.3, -0.25) is 9.69 Å². The van der Waals surface area contributed by atoms with Crippen LogP contribution in [0.25, 0.3) is 17.4 Å². The van der Waals surface area contributed by atoms with Gasteiger partial charge in [0.05, 0.1) is 10.6 Å². The summed E-state index contributed by atoms with van der Waals surface area (Å²) in [5, 5.41) is 0. The molecule has 0 atom stereocenters. The van der Waals surface area contributed by atoms with Crippen molar-refractivity contribution in [3.05, 3.63) is 81.1 Å². The molecule has 4 rings (SSSR count). The summed E-state index contributed by atoms with van der Waals surface area (Å²) in [6.45, 7) is 2.02. The van der Waals surface area contributed by atoms with E-state index in [0.29, 0.717) is 26.4 Å². The first-order valence-corrected chi connectivity index (χ1v) is 10.3. The number of nitrogens with zero attached hydrogens (tertiary/aromatic N) is 1. The number of furan rings is 1. The van der Waals surface area contributed by atoms with Gasteiger partial charge < -0.3 is 4.42 Å². The van der Waals surface area contributed by atoms with E-state index in [9.17, 15) is 9.18 Å². The van der Waals surface area contributed by atoms with E-state index in [0.717, 1.165) is 27.4 Å². The molecule has 0 radical (unpaired) electrons. The Morgan fingerprint density at radius 1 is 1.18 bits per heavy atom. The van der Waals surface area contributed by atoms with Crippen LogP contribution in [0.5, 0.6) is 0 Å². The molecule has 1 aliphatic rings. The highest BCUT2D eigenvalue weighted by molar-refractivity contribution is 9.10. The lowest BCUT2D eigenvalue weighted by Gasteiger charge is -2.14. The topological polar surface area (TPSA) is 33.5 Å². The van der Waals surface area contributed by atoms with Gasteiger partial charge in [0.1, 0.15) is 17.3 Å². The highest BCUT2D eigenvalue weighted by atomic mass is 79.9. The molecular formula is C21H13BrFNO2S2. The summed E-state index contributed by atoms with van der Waals surface area (Å²) >= 11 is 10.0. The van der Waals surface area contributed by atoms with Gasteiger partial charge >= 0.3 is 0 Å². The summed E-state index contributed by atoms with van der Waals surface area (Å²) < 4.78 is 20.7. The Labute approximate surface area is 179 Å². The van der Waals surface area contributed by atoms with Crippen LogP contribution in [0.15, 0.2) is 68.4 Å². The molecule has 3 aromatic rings. The maximum Gasteiger partial charge on any atom is 0.270 e. The van der Waals surface area contributed by atoms with E-state index in [2.05, 4.69) is 15.9 Å². The number of thioether (sulfide) groups is 1. The zero-order chi connectivity index (χ0) is 19.8. The number of carbonyl (C=O) groups excluding carboxylic acids is 1. The van der Waals surface area contributed by atoms with Crippen LogP contribution in [0.2, 0.25) is 0 Å². The highest BCUT2D eigenvalue weighted by Gasteiger charge is 2.33. The maximum absolute atomic E-state index is 13.5. The summed E-state index contributed by atoms with van der Waals surface area (Å²) in [5.41, 5.74) is 2.48. The first-order valence-electron chi connectivity index (χ1n) is 8.32. The summed E-state index contributed by atoms with van der Waals surface area (Å²) in [6, 6.07) is 15.5. The van der Waals surface area contributed by atoms with E-state index < -0.39 is 5.82 Å². The van der Waals surface area contributed by atoms with Crippen molar-refractivity contribution in [3.8, 4) is 11.3 Å². The lowest BCUT2D eigenvalue weighted by Crippen LogP contribution is -2.27. The van der Waals surface area contributed by atoms with E-state index in [1.807, 2.05) is 31.2 Å². The van der Waals surface area contributed by atoms with Crippen molar-refractivity contribution in [2.45, 2.75) is 6.92 Å². The van der Waals surface area contributed by atoms with Gasteiger partial charge in [-0.1, -0.05) is 52.0 Å². The molecule has 0 N–H and O–H groups in total. The van der Waals surface area contributed by atoms with Crippen LogP contribution < -0.4 is 4.90 Å². The van der Waals surface area contributed by atoms with Gasteiger partial charge in [0.25, 0.3) is 5.91 Å². The van der Waals surface area contributed by atoms with Gasteiger partial charge in [0, 0.05) is 16.1 Å². The van der Waals surface area contributed by atoms with Gasteiger partial charge in [0.15, 0.2) is 4.32 Å². The second kappa shape index (κ2) is 7.66. The van der Waals surface area contributed by atoms with Crippen molar-refractivity contribution in [3.63, 3.8) is 0 Å². The number of halogens is 2. The van der Waals surface area contributed by atoms with Gasteiger partial charge in [0.2, 0.25) is 0 Å². The Bertz CT molecular complexity index is 1140. The molecule has 0 aliphatic carbocycles. The van der Waals surface area contributed by atoms with E-state index in [1.165, 1.54) is 17.0 Å². The molecule has 1 fully saturated rings. The molecule has 0 spiro atoms. The zero-order valence-electron chi connectivity index (χ0n) is 14.6. The SMILES string of the molecule is Cc1ccc(-c2ccc(/C=C3/SC(=S)N(c4cccc(F)c4)C3=O)o2)c(Br)c1. The quantitative estimate of drug-likeness (QED) is 0.318. The molecule has 140 valence electrons. The smallest absolute Gasteiger partial charge is 0.270 e. The molecule has 3 nitrogen and oxygen atoms in total. The number of benzene rings is 2. The van der Waals surface area contributed by atoms with Gasteiger partial charge in [-0.05, 0) is 55.0 Å². The zero-order valence-corrected chi connectivity index (χ0v) is 17.8. The molecule has 7 heteroatoms. The number of amides is 1. The Hall–Kier alpha value is -2.22. The Balaban J connectivity index is 1.62. The minimum absolute atomic E-state index is 0.296. The van der Waals surface area contributed by atoms with Crippen LogP contribution in [0.3, 0.4) is 0 Å². The second-order valence-corrected chi connectivity index (χ2v) is 8.71. The van der Waals surface area contributed by atoms with E-state index in [-0.39, 0.29) is 5.91 Å². The summed E-state index contributed by atoms with van der Waals surface area (Å²) in [7, 11) is 0. The Morgan fingerprint density at radius 3 is 2.75 bits per heavy atom. The highest BCUT2D eigenvalue weighted by Crippen LogP contribution is 2.37. The van der Waals surface area contributed by atoms with Crippen LogP contribution in [0, 0.1) is 12.7 Å². The minimum atomic E-state index is -0.421. The molecule has 1 amide bonds. The molecular weight excluding hydrogens is 461 g/mol. The molecule has 2 aromatic carbocycles. The lowest BCUT2D eigenvalue weighted by molar-refractivity contribution is -0.113.